The van der Waals surface area contributed by atoms with E-state index in [9.17, 15) is 0 Å². The lowest BCUT2D eigenvalue weighted by Crippen LogP contribution is -2.49. The van der Waals surface area contributed by atoms with Gasteiger partial charge in [-0.1, -0.05) is 41.5 Å². The van der Waals surface area contributed by atoms with E-state index in [1.54, 1.807) is 0 Å². The van der Waals surface area contributed by atoms with Crippen LogP contribution in [0.15, 0.2) is 0 Å². The van der Waals surface area contributed by atoms with E-state index in [-0.39, 0.29) is 0 Å². The smallest absolute Gasteiger partial charge is 0.0736 e. The summed E-state index contributed by atoms with van der Waals surface area (Å²) in [5, 5.41) is 3.67. The predicted octanol–water partition coefficient (Wildman–Crippen LogP) is 4.77. The molecule has 4 atom stereocenters. The van der Waals surface area contributed by atoms with Crippen molar-refractivity contribution in [3.8, 4) is 0 Å². The molecule has 0 aliphatic heterocycles. The molecule has 2 aliphatic rings. The van der Waals surface area contributed by atoms with Crippen LogP contribution >= 0.6 is 0 Å². The van der Waals surface area contributed by atoms with Crippen molar-refractivity contribution in [1.29, 1.82) is 0 Å². The number of rotatable bonds is 4. The zero-order chi connectivity index (χ0) is 15.7. The summed E-state index contributed by atoms with van der Waals surface area (Å²) in [5.41, 5.74) is 0.882. The van der Waals surface area contributed by atoms with Crippen molar-refractivity contribution in [2.75, 3.05) is 6.54 Å². The minimum Gasteiger partial charge on any atom is -0.373 e. The second kappa shape index (κ2) is 6.58. The van der Waals surface area contributed by atoms with Gasteiger partial charge in [0.25, 0.3) is 0 Å². The van der Waals surface area contributed by atoms with Gasteiger partial charge in [0.05, 0.1) is 12.2 Å². The summed E-state index contributed by atoms with van der Waals surface area (Å²) >= 11 is 0. The van der Waals surface area contributed by atoms with E-state index in [4.69, 9.17) is 4.74 Å². The van der Waals surface area contributed by atoms with Crippen molar-refractivity contribution in [3.63, 3.8) is 0 Å². The van der Waals surface area contributed by atoms with Gasteiger partial charge in [-0.25, -0.2) is 0 Å². The summed E-state index contributed by atoms with van der Waals surface area (Å²) in [6.45, 7) is 15.3. The van der Waals surface area contributed by atoms with Crippen LogP contribution in [0.5, 0.6) is 0 Å². The first-order valence-corrected chi connectivity index (χ1v) is 9.10. The second-order valence-electron chi connectivity index (χ2n) is 9.28. The third-order valence-corrected chi connectivity index (χ3v) is 5.51. The van der Waals surface area contributed by atoms with E-state index in [0.29, 0.717) is 29.1 Å². The van der Waals surface area contributed by atoms with E-state index in [2.05, 4.69) is 46.9 Å². The molecule has 0 spiro atoms. The molecule has 0 aromatic carbocycles. The largest absolute Gasteiger partial charge is 0.373 e. The second-order valence-corrected chi connectivity index (χ2v) is 9.28. The fourth-order valence-corrected chi connectivity index (χ4v) is 4.77. The Hall–Kier alpha value is -0.0800. The topological polar surface area (TPSA) is 21.3 Å². The Labute approximate surface area is 132 Å². The first kappa shape index (κ1) is 17.3. The van der Waals surface area contributed by atoms with Crippen LogP contribution in [0, 0.1) is 16.7 Å². The van der Waals surface area contributed by atoms with Crippen molar-refractivity contribution >= 4 is 0 Å². The van der Waals surface area contributed by atoms with Gasteiger partial charge in [0, 0.05) is 6.04 Å². The molecule has 1 N–H and O–H groups in total. The molecular formula is C19H37NO. The zero-order valence-electron chi connectivity index (χ0n) is 15.2. The van der Waals surface area contributed by atoms with Crippen LogP contribution in [-0.2, 0) is 4.74 Å². The van der Waals surface area contributed by atoms with E-state index in [0.717, 1.165) is 12.5 Å². The maximum absolute atomic E-state index is 6.68. The van der Waals surface area contributed by atoms with Gasteiger partial charge < -0.3 is 10.1 Å². The predicted molar refractivity (Wildman–Crippen MR) is 90.6 cm³/mol. The van der Waals surface area contributed by atoms with Crippen LogP contribution in [0.4, 0.5) is 0 Å². The van der Waals surface area contributed by atoms with Crippen molar-refractivity contribution in [3.05, 3.63) is 0 Å². The van der Waals surface area contributed by atoms with E-state index < -0.39 is 0 Å². The molecule has 2 fully saturated rings. The molecule has 21 heavy (non-hydrogen) atoms. The van der Waals surface area contributed by atoms with Crippen LogP contribution in [-0.4, -0.2) is 24.8 Å². The van der Waals surface area contributed by atoms with Gasteiger partial charge in [-0.3, -0.25) is 0 Å². The number of likely N-dealkylation sites (N-methyl/N-ethyl adjacent to an activating group) is 1. The Balaban J connectivity index is 2.00. The van der Waals surface area contributed by atoms with Gasteiger partial charge in [-0.05, 0) is 61.8 Å². The lowest BCUT2D eigenvalue weighted by atomic mass is 9.71. The molecule has 0 aromatic rings. The summed E-state index contributed by atoms with van der Waals surface area (Å²) < 4.78 is 6.68. The highest BCUT2D eigenvalue weighted by molar-refractivity contribution is 4.92. The molecule has 2 saturated carbocycles. The van der Waals surface area contributed by atoms with Crippen molar-refractivity contribution in [1.82, 2.24) is 5.32 Å². The molecule has 2 nitrogen and oxygen atoms in total. The van der Waals surface area contributed by atoms with Crippen LogP contribution < -0.4 is 5.32 Å². The molecule has 2 aliphatic carbocycles. The lowest BCUT2D eigenvalue weighted by molar-refractivity contribution is -0.103. The maximum Gasteiger partial charge on any atom is 0.0736 e. The van der Waals surface area contributed by atoms with E-state index in [1.807, 2.05) is 0 Å². The van der Waals surface area contributed by atoms with Crippen LogP contribution in [0.3, 0.4) is 0 Å². The average molecular weight is 296 g/mol. The fraction of sp³-hybridized carbons (Fsp3) is 1.00. The quantitative estimate of drug-likeness (QED) is 0.806. The monoisotopic (exact) mass is 295 g/mol. The van der Waals surface area contributed by atoms with Crippen LogP contribution in [0.25, 0.3) is 0 Å². The highest BCUT2D eigenvalue weighted by atomic mass is 16.5. The highest BCUT2D eigenvalue weighted by Crippen LogP contribution is 2.42. The molecule has 0 aromatic heterocycles. The van der Waals surface area contributed by atoms with Gasteiger partial charge in [-0.2, -0.15) is 0 Å². The SMILES string of the molecule is CCNC1CCC(C)(C)CC1OC1CC(C)CC(C)(C)C1. The average Bonchev–Trinajstić information content (AvgIpc) is 2.29. The third-order valence-electron chi connectivity index (χ3n) is 5.51. The molecular weight excluding hydrogens is 258 g/mol. The minimum atomic E-state index is 0.403. The Kier molecular flexibility index (Phi) is 5.41. The first-order valence-electron chi connectivity index (χ1n) is 9.10. The molecule has 0 bridgehead atoms. The number of hydrogen-bond acceptors (Lipinski definition) is 2. The van der Waals surface area contributed by atoms with Gasteiger partial charge in [0.15, 0.2) is 0 Å². The van der Waals surface area contributed by atoms with Crippen molar-refractivity contribution in [2.24, 2.45) is 16.7 Å². The Bertz CT molecular complexity index is 336. The molecule has 0 heterocycles. The fourth-order valence-electron chi connectivity index (χ4n) is 4.77. The highest BCUT2D eigenvalue weighted by Gasteiger charge is 2.39. The molecule has 2 rings (SSSR count). The third kappa shape index (κ3) is 4.96. The van der Waals surface area contributed by atoms with Gasteiger partial charge >= 0.3 is 0 Å². The van der Waals surface area contributed by atoms with Crippen molar-refractivity contribution in [2.45, 2.75) is 98.3 Å². The summed E-state index contributed by atoms with van der Waals surface area (Å²) in [6.07, 6.45) is 8.47. The van der Waals surface area contributed by atoms with E-state index >= 15 is 0 Å². The lowest BCUT2D eigenvalue weighted by Gasteiger charge is -2.45. The molecule has 124 valence electrons. The first-order chi connectivity index (χ1) is 9.71. The zero-order valence-corrected chi connectivity index (χ0v) is 15.2. The molecule has 0 amide bonds. The van der Waals surface area contributed by atoms with E-state index in [1.165, 1.54) is 38.5 Å². The molecule has 0 saturated heterocycles. The molecule has 0 radical (unpaired) electrons. The molecule has 2 heteroatoms. The normalized spacial score (nSPS) is 39.1. The summed E-state index contributed by atoms with van der Waals surface area (Å²) in [4.78, 5) is 0. The Morgan fingerprint density at radius 2 is 1.76 bits per heavy atom. The Morgan fingerprint density at radius 3 is 2.38 bits per heavy atom. The number of ether oxygens (including phenoxy) is 1. The van der Waals surface area contributed by atoms with Gasteiger partial charge in [0.2, 0.25) is 0 Å². The summed E-state index contributed by atoms with van der Waals surface area (Å²) in [5.74, 6) is 0.799. The summed E-state index contributed by atoms with van der Waals surface area (Å²) in [6, 6.07) is 0.559. The van der Waals surface area contributed by atoms with Gasteiger partial charge in [0.1, 0.15) is 0 Å². The maximum atomic E-state index is 6.68. The van der Waals surface area contributed by atoms with Crippen LogP contribution in [0.2, 0.25) is 0 Å². The molecule has 4 unspecified atom stereocenters. The van der Waals surface area contributed by atoms with Gasteiger partial charge in [-0.15, -0.1) is 0 Å². The van der Waals surface area contributed by atoms with Crippen molar-refractivity contribution < 1.29 is 4.74 Å². The summed E-state index contributed by atoms with van der Waals surface area (Å²) in [7, 11) is 0. The standard InChI is InChI=1S/C19H37NO/c1-7-20-16-8-9-18(3,4)13-17(16)21-15-10-14(2)11-19(5,6)12-15/h14-17,20H,7-13H2,1-6H3. The Morgan fingerprint density at radius 1 is 1.05 bits per heavy atom. The van der Waals surface area contributed by atoms with Crippen LogP contribution in [0.1, 0.15) is 80.1 Å². The number of nitrogens with one attached hydrogen (secondary N) is 1. The minimum absolute atomic E-state index is 0.403. The number of hydrogen-bond donors (Lipinski definition) is 1.